The molecule has 1 aromatic heterocycles. The summed E-state index contributed by atoms with van der Waals surface area (Å²) in [6.45, 7) is 1.83. The zero-order chi connectivity index (χ0) is 12.3. The number of hydrogen-bond donors (Lipinski definition) is 1. The Kier molecular flexibility index (Phi) is 3.71. The van der Waals surface area contributed by atoms with Gasteiger partial charge in [-0.2, -0.15) is 0 Å². The van der Waals surface area contributed by atoms with Crippen LogP contribution < -0.4 is 0 Å². The maximum absolute atomic E-state index is 10.7. The first kappa shape index (κ1) is 12.0. The number of carbonyl (C=O) groups is 1. The van der Waals surface area contributed by atoms with E-state index in [0.29, 0.717) is 17.4 Å². The van der Waals surface area contributed by atoms with Crippen molar-refractivity contribution in [2.75, 3.05) is 0 Å². The SMILES string of the molecule is Cc1nc(CC(=O)O)cc(C2CCCCC2)n1. The van der Waals surface area contributed by atoms with Crippen molar-refractivity contribution in [3.8, 4) is 0 Å². The molecule has 0 amide bonds. The molecule has 2 rings (SSSR count). The van der Waals surface area contributed by atoms with Crippen molar-refractivity contribution in [3.63, 3.8) is 0 Å². The fraction of sp³-hybridized carbons (Fsp3) is 0.615. The van der Waals surface area contributed by atoms with Crippen LogP contribution in [0.2, 0.25) is 0 Å². The Labute approximate surface area is 101 Å². The zero-order valence-electron chi connectivity index (χ0n) is 10.1. The first-order valence-corrected chi connectivity index (χ1v) is 6.21. The molecule has 0 aliphatic heterocycles. The number of aromatic nitrogens is 2. The average molecular weight is 234 g/mol. The molecule has 0 atom stereocenters. The number of nitrogens with zero attached hydrogens (tertiary/aromatic N) is 2. The normalized spacial score (nSPS) is 17.0. The molecule has 0 radical (unpaired) electrons. The van der Waals surface area contributed by atoms with Crippen LogP contribution in [0.5, 0.6) is 0 Å². The van der Waals surface area contributed by atoms with Gasteiger partial charge in [0.05, 0.1) is 12.1 Å². The Balaban J connectivity index is 2.20. The molecule has 1 fully saturated rings. The van der Waals surface area contributed by atoms with Crippen molar-refractivity contribution in [3.05, 3.63) is 23.3 Å². The van der Waals surface area contributed by atoms with Gasteiger partial charge in [0, 0.05) is 11.6 Å². The molecule has 0 saturated heterocycles. The van der Waals surface area contributed by atoms with Crippen LogP contribution in [0.3, 0.4) is 0 Å². The zero-order valence-corrected chi connectivity index (χ0v) is 10.1. The van der Waals surface area contributed by atoms with Crippen molar-refractivity contribution in [1.29, 1.82) is 0 Å². The predicted molar refractivity (Wildman–Crippen MR) is 63.9 cm³/mol. The molecular formula is C13H18N2O2. The minimum absolute atomic E-state index is 0.0108. The van der Waals surface area contributed by atoms with Gasteiger partial charge in [-0.15, -0.1) is 0 Å². The van der Waals surface area contributed by atoms with Gasteiger partial charge in [-0.05, 0) is 25.8 Å². The summed E-state index contributed by atoms with van der Waals surface area (Å²) in [5.74, 6) is 0.347. The number of hydrogen-bond acceptors (Lipinski definition) is 3. The molecule has 1 aliphatic carbocycles. The Morgan fingerprint density at radius 2 is 2.06 bits per heavy atom. The standard InChI is InChI=1S/C13H18N2O2/c1-9-14-11(8-13(16)17)7-12(15-9)10-5-3-2-4-6-10/h7,10H,2-6,8H2,1H3,(H,16,17). The lowest BCUT2D eigenvalue weighted by Gasteiger charge is -2.21. The number of aryl methyl sites for hydroxylation is 1. The highest BCUT2D eigenvalue weighted by atomic mass is 16.4. The van der Waals surface area contributed by atoms with Gasteiger partial charge in [0.25, 0.3) is 0 Å². The first-order valence-electron chi connectivity index (χ1n) is 6.21. The summed E-state index contributed by atoms with van der Waals surface area (Å²) in [5, 5.41) is 8.80. The molecule has 0 bridgehead atoms. The third kappa shape index (κ3) is 3.25. The van der Waals surface area contributed by atoms with Gasteiger partial charge in [0.1, 0.15) is 5.82 Å². The minimum atomic E-state index is -0.835. The molecule has 1 N–H and O–H groups in total. The largest absolute Gasteiger partial charge is 0.481 e. The minimum Gasteiger partial charge on any atom is -0.481 e. The number of carboxylic acid groups (broad SMARTS) is 1. The Morgan fingerprint density at radius 3 is 2.71 bits per heavy atom. The summed E-state index contributed by atoms with van der Waals surface area (Å²) in [6.07, 6.45) is 6.14. The molecule has 1 heterocycles. The number of aliphatic carboxylic acids is 1. The highest BCUT2D eigenvalue weighted by Gasteiger charge is 2.18. The number of carboxylic acids is 1. The summed E-state index contributed by atoms with van der Waals surface area (Å²) in [7, 11) is 0. The summed E-state index contributed by atoms with van der Waals surface area (Å²) < 4.78 is 0. The van der Waals surface area contributed by atoms with E-state index in [1.54, 1.807) is 0 Å². The smallest absolute Gasteiger partial charge is 0.309 e. The van der Waals surface area contributed by atoms with Crippen LogP contribution >= 0.6 is 0 Å². The predicted octanol–water partition coefficient (Wildman–Crippen LogP) is 2.46. The Morgan fingerprint density at radius 1 is 1.35 bits per heavy atom. The molecular weight excluding hydrogens is 216 g/mol. The average Bonchev–Trinajstić information content (AvgIpc) is 2.28. The third-order valence-corrected chi connectivity index (χ3v) is 3.27. The van der Waals surface area contributed by atoms with Crippen LogP contribution in [0.4, 0.5) is 0 Å². The van der Waals surface area contributed by atoms with Gasteiger partial charge in [-0.3, -0.25) is 4.79 Å². The van der Waals surface area contributed by atoms with Crippen molar-refractivity contribution >= 4 is 5.97 Å². The van der Waals surface area contributed by atoms with Crippen LogP contribution in [0.1, 0.15) is 55.2 Å². The molecule has 0 unspecified atom stereocenters. The maximum Gasteiger partial charge on any atom is 0.309 e. The van der Waals surface area contributed by atoms with Crippen molar-refractivity contribution in [2.24, 2.45) is 0 Å². The maximum atomic E-state index is 10.7. The lowest BCUT2D eigenvalue weighted by molar-refractivity contribution is -0.136. The fourth-order valence-corrected chi connectivity index (χ4v) is 2.51. The molecule has 4 nitrogen and oxygen atoms in total. The first-order chi connectivity index (χ1) is 8.15. The second-order valence-electron chi connectivity index (χ2n) is 4.74. The van der Waals surface area contributed by atoms with Gasteiger partial charge in [0.2, 0.25) is 0 Å². The van der Waals surface area contributed by atoms with E-state index in [1.807, 2.05) is 13.0 Å². The summed E-state index contributed by atoms with van der Waals surface area (Å²) in [5.41, 5.74) is 1.67. The summed E-state index contributed by atoms with van der Waals surface area (Å²) in [6, 6.07) is 1.87. The van der Waals surface area contributed by atoms with Crippen molar-refractivity contribution in [1.82, 2.24) is 9.97 Å². The molecule has 4 heteroatoms. The highest BCUT2D eigenvalue weighted by molar-refractivity contribution is 5.69. The van der Waals surface area contributed by atoms with E-state index in [1.165, 1.54) is 32.1 Å². The molecule has 0 aromatic carbocycles. The monoisotopic (exact) mass is 234 g/mol. The summed E-state index contributed by atoms with van der Waals surface area (Å²) in [4.78, 5) is 19.3. The summed E-state index contributed by atoms with van der Waals surface area (Å²) >= 11 is 0. The second kappa shape index (κ2) is 5.25. The number of rotatable bonds is 3. The molecule has 1 aliphatic rings. The van der Waals surface area contributed by atoms with Crippen LogP contribution in [-0.4, -0.2) is 21.0 Å². The molecule has 17 heavy (non-hydrogen) atoms. The lowest BCUT2D eigenvalue weighted by Crippen LogP contribution is -2.11. The van der Waals surface area contributed by atoms with Gasteiger partial charge in [-0.1, -0.05) is 19.3 Å². The molecule has 92 valence electrons. The van der Waals surface area contributed by atoms with E-state index >= 15 is 0 Å². The van der Waals surface area contributed by atoms with Crippen LogP contribution in [0.15, 0.2) is 6.07 Å². The molecule has 1 saturated carbocycles. The van der Waals surface area contributed by atoms with Gasteiger partial charge >= 0.3 is 5.97 Å². The Bertz CT molecular complexity index is 412. The van der Waals surface area contributed by atoms with Gasteiger partial charge in [-0.25, -0.2) is 9.97 Å². The van der Waals surface area contributed by atoms with E-state index in [-0.39, 0.29) is 6.42 Å². The third-order valence-electron chi connectivity index (χ3n) is 3.27. The van der Waals surface area contributed by atoms with E-state index in [4.69, 9.17) is 5.11 Å². The second-order valence-corrected chi connectivity index (χ2v) is 4.74. The van der Waals surface area contributed by atoms with Crippen LogP contribution in [-0.2, 0) is 11.2 Å². The lowest BCUT2D eigenvalue weighted by atomic mass is 9.86. The molecule has 1 aromatic rings. The highest BCUT2D eigenvalue weighted by Crippen LogP contribution is 2.31. The van der Waals surface area contributed by atoms with Gasteiger partial charge in [0.15, 0.2) is 0 Å². The van der Waals surface area contributed by atoms with E-state index in [2.05, 4.69) is 9.97 Å². The van der Waals surface area contributed by atoms with Gasteiger partial charge < -0.3 is 5.11 Å². The fourth-order valence-electron chi connectivity index (χ4n) is 2.51. The molecule has 0 spiro atoms. The van der Waals surface area contributed by atoms with Crippen LogP contribution in [0, 0.1) is 6.92 Å². The van der Waals surface area contributed by atoms with E-state index in [9.17, 15) is 4.79 Å². The topological polar surface area (TPSA) is 63.1 Å². The van der Waals surface area contributed by atoms with Crippen molar-refractivity contribution in [2.45, 2.75) is 51.4 Å². The quantitative estimate of drug-likeness (QED) is 0.872. The van der Waals surface area contributed by atoms with E-state index < -0.39 is 5.97 Å². The van der Waals surface area contributed by atoms with Crippen molar-refractivity contribution < 1.29 is 9.90 Å². The van der Waals surface area contributed by atoms with E-state index in [0.717, 1.165) is 5.69 Å². The Hall–Kier alpha value is -1.45. The van der Waals surface area contributed by atoms with Crippen LogP contribution in [0.25, 0.3) is 0 Å².